The normalized spacial score (nSPS) is 12.2. The standard InChI is InChI=1S/C19H32O2Si/c1-8-13-20-14-18-9-11-19(12-10-18)21-22(15(2)3,16(4)5)17(6)7/h8-12,15-17H,1,13-14H2,2-7H3. The van der Waals surface area contributed by atoms with Crippen molar-refractivity contribution in [3.05, 3.63) is 42.5 Å². The van der Waals surface area contributed by atoms with Crippen LogP contribution in [0.25, 0.3) is 0 Å². The molecule has 0 saturated heterocycles. The van der Waals surface area contributed by atoms with Crippen molar-refractivity contribution in [1.29, 1.82) is 0 Å². The first-order chi connectivity index (χ1) is 10.3. The summed E-state index contributed by atoms with van der Waals surface area (Å²) < 4.78 is 12.1. The van der Waals surface area contributed by atoms with E-state index in [1.54, 1.807) is 6.08 Å². The topological polar surface area (TPSA) is 18.5 Å². The number of hydrogen-bond acceptors (Lipinski definition) is 2. The average Bonchev–Trinajstić information content (AvgIpc) is 2.45. The molecule has 0 fully saturated rings. The maximum absolute atomic E-state index is 6.65. The second kappa shape index (κ2) is 8.54. The highest BCUT2D eigenvalue weighted by molar-refractivity contribution is 6.78. The maximum Gasteiger partial charge on any atom is 0.258 e. The van der Waals surface area contributed by atoms with Crippen molar-refractivity contribution in [3.63, 3.8) is 0 Å². The van der Waals surface area contributed by atoms with Crippen molar-refractivity contribution >= 4 is 8.32 Å². The second-order valence-electron chi connectivity index (χ2n) is 6.87. The molecule has 2 nitrogen and oxygen atoms in total. The van der Waals surface area contributed by atoms with E-state index in [9.17, 15) is 0 Å². The van der Waals surface area contributed by atoms with Crippen molar-refractivity contribution < 1.29 is 9.16 Å². The second-order valence-corrected chi connectivity index (χ2v) is 12.2. The Morgan fingerprint density at radius 1 is 0.955 bits per heavy atom. The van der Waals surface area contributed by atoms with E-state index >= 15 is 0 Å². The van der Waals surface area contributed by atoms with Crippen LogP contribution in [0.1, 0.15) is 47.1 Å². The molecular weight excluding hydrogens is 288 g/mol. The van der Waals surface area contributed by atoms with E-state index in [1.807, 2.05) is 0 Å². The summed E-state index contributed by atoms with van der Waals surface area (Å²) in [5, 5.41) is 0. The van der Waals surface area contributed by atoms with E-state index in [1.165, 1.54) is 5.56 Å². The summed E-state index contributed by atoms with van der Waals surface area (Å²) in [5.74, 6) is 0.996. The van der Waals surface area contributed by atoms with Crippen LogP contribution in [-0.4, -0.2) is 14.9 Å². The molecule has 0 aliphatic carbocycles. The third kappa shape index (κ3) is 4.47. The number of ether oxygens (including phenoxy) is 1. The van der Waals surface area contributed by atoms with E-state index in [4.69, 9.17) is 9.16 Å². The molecule has 0 heterocycles. The molecule has 0 aliphatic rings. The largest absolute Gasteiger partial charge is 0.543 e. The zero-order chi connectivity index (χ0) is 16.8. The highest BCUT2D eigenvalue weighted by Crippen LogP contribution is 2.42. The van der Waals surface area contributed by atoms with Gasteiger partial charge in [0.2, 0.25) is 0 Å². The van der Waals surface area contributed by atoms with Gasteiger partial charge in [0.15, 0.2) is 0 Å². The summed E-state index contributed by atoms with van der Waals surface area (Å²) in [5.41, 5.74) is 2.93. The Morgan fingerprint density at radius 2 is 1.45 bits per heavy atom. The van der Waals surface area contributed by atoms with Gasteiger partial charge in [-0.05, 0) is 34.3 Å². The summed E-state index contributed by atoms with van der Waals surface area (Å²) in [4.78, 5) is 0. The van der Waals surface area contributed by atoms with Crippen molar-refractivity contribution in [1.82, 2.24) is 0 Å². The average molecular weight is 321 g/mol. The van der Waals surface area contributed by atoms with Crippen molar-refractivity contribution in [2.24, 2.45) is 0 Å². The molecular formula is C19H32O2Si. The van der Waals surface area contributed by atoms with Crippen LogP contribution in [0.3, 0.4) is 0 Å². The summed E-state index contributed by atoms with van der Waals surface area (Å²) >= 11 is 0. The molecule has 1 aromatic rings. The lowest BCUT2D eigenvalue weighted by atomic mass is 10.2. The maximum atomic E-state index is 6.65. The van der Waals surface area contributed by atoms with Crippen molar-refractivity contribution in [3.8, 4) is 5.75 Å². The minimum atomic E-state index is -1.86. The molecule has 0 spiro atoms. The molecule has 22 heavy (non-hydrogen) atoms. The van der Waals surface area contributed by atoms with Crippen LogP contribution in [0.15, 0.2) is 36.9 Å². The van der Waals surface area contributed by atoms with Crippen LogP contribution in [-0.2, 0) is 11.3 Å². The Balaban J connectivity index is 2.88. The fourth-order valence-electron chi connectivity index (χ4n) is 3.47. The molecule has 0 amide bonds. The summed E-state index contributed by atoms with van der Waals surface area (Å²) in [6.07, 6.45) is 1.77. The molecule has 0 radical (unpaired) electrons. The van der Waals surface area contributed by atoms with Gasteiger partial charge in [-0.3, -0.25) is 0 Å². The number of hydrogen-bond donors (Lipinski definition) is 0. The molecule has 0 aliphatic heterocycles. The minimum Gasteiger partial charge on any atom is -0.543 e. The molecule has 124 valence electrons. The highest BCUT2D eigenvalue weighted by Gasteiger charge is 2.46. The molecule has 0 bridgehead atoms. The highest BCUT2D eigenvalue weighted by atomic mass is 28.4. The zero-order valence-electron chi connectivity index (χ0n) is 15.1. The van der Waals surface area contributed by atoms with Crippen LogP contribution in [0.5, 0.6) is 5.75 Å². The summed E-state index contributed by atoms with van der Waals surface area (Å²) in [6, 6.07) is 8.36. The van der Waals surface area contributed by atoms with Crippen LogP contribution in [0.2, 0.25) is 16.6 Å². The van der Waals surface area contributed by atoms with Gasteiger partial charge >= 0.3 is 0 Å². The lowest BCUT2D eigenvalue weighted by molar-refractivity contribution is 0.149. The lowest BCUT2D eigenvalue weighted by Crippen LogP contribution is -2.50. The Kier molecular flexibility index (Phi) is 7.37. The number of rotatable bonds is 9. The quantitative estimate of drug-likeness (QED) is 0.318. The molecule has 3 heteroatoms. The van der Waals surface area contributed by atoms with E-state index < -0.39 is 8.32 Å². The van der Waals surface area contributed by atoms with E-state index in [2.05, 4.69) is 72.4 Å². The molecule has 1 aromatic carbocycles. The predicted molar refractivity (Wildman–Crippen MR) is 98.0 cm³/mol. The third-order valence-electron chi connectivity index (χ3n) is 4.43. The lowest BCUT2D eigenvalue weighted by Gasteiger charge is -2.42. The Bertz CT molecular complexity index is 427. The minimum absolute atomic E-state index is 0.586. The monoisotopic (exact) mass is 320 g/mol. The van der Waals surface area contributed by atoms with Gasteiger partial charge in [-0.15, -0.1) is 6.58 Å². The Hall–Kier alpha value is -1.06. The van der Waals surface area contributed by atoms with Gasteiger partial charge < -0.3 is 9.16 Å². The fourth-order valence-corrected chi connectivity index (χ4v) is 8.72. The van der Waals surface area contributed by atoms with Crippen LogP contribution < -0.4 is 4.43 Å². The van der Waals surface area contributed by atoms with Gasteiger partial charge in [0.25, 0.3) is 8.32 Å². The van der Waals surface area contributed by atoms with Gasteiger partial charge in [-0.25, -0.2) is 0 Å². The number of benzene rings is 1. The zero-order valence-corrected chi connectivity index (χ0v) is 16.1. The first-order valence-corrected chi connectivity index (χ1v) is 10.4. The van der Waals surface area contributed by atoms with E-state index in [0.29, 0.717) is 29.8 Å². The predicted octanol–water partition coefficient (Wildman–Crippen LogP) is 5.94. The summed E-state index contributed by atoms with van der Waals surface area (Å²) in [6.45, 7) is 18.7. The fraction of sp³-hybridized carbons (Fsp3) is 0.579. The van der Waals surface area contributed by atoms with Gasteiger partial charge in [0, 0.05) is 0 Å². The molecule has 0 aromatic heterocycles. The van der Waals surface area contributed by atoms with E-state index in [-0.39, 0.29) is 0 Å². The van der Waals surface area contributed by atoms with Crippen molar-refractivity contribution in [2.75, 3.05) is 6.61 Å². The van der Waals surface area contributed by atoms with Crippen LogP contribution in [0, 0.1) is 0 Å². The van der Waals surface area contributed by atoms with Gasteiger partial charge in [-0.2, -0.15) is 0 Å². The van der Waals surface area contributed by atoms with Gasteiger partial charge in [-0.1, -0.05) is 59.8 Å². The van der Waals surface area contributed by atoms with Crippen molar-refractivity contribution in [2.45, 2.75) is 64.8 Å². The first kappa shape index (κ1) is 19.0. The molecule has 0 unspecified atom stereocenters. The third-order valence-corrected chi connectivity index (χ3v) is 10.4. The molecule has 0 saturated carbocycles. The Morgan fingerprint density at radius 3 is 1.86 bits per heavy atom. The first-order valence-electron chi connectivity index (χ1n) is 8.31. The smallest absolute Gasteiger partial charge is 0.258 e. The van der Waals surface area contributed by atoms with Gasteiger partial charge in [0.1, 0.15) is 5.75 Å². The summed E-state index contributed by atoms with van der Waals surface area (Å²) in [7, 11) is -1.86. The van der Waals surface area contributed by atoms with Crippen LogP contribution >= 0.6 is 0 Å². The molecule has 0 atom stereocenters. The van der Waals surface area contributed by atoms with Gasteiger partial charge in [0.05, 0.1) is 13.2 Å². The van der Waals surface area contributed by atoms with E-state index in [0.717, 1.165) is 5.75 Å². The Labute approximate surface area is 137 Å². The SMILES string of the molecule is C=CCOCc1ccc(O[Si](C(C)C)(C(C)C)C(C)C)cc1. The van der Waals surface area contributed by atoms with Crippen LogP contribution in [0.4, 0.5) is 0 Å². The molecule has 1 rings (SSSR count). The molecule has 0 N–H and O–H groups in total.